The first-order chi connectivity index (χ1) is 10.6. The number of carbonyl (C=O) groups excluding carboxylic acids is 1. The van der Waals surface area contributed by atoms with E-state index in [4.69, 9.17) is 0 Å². The van der Waals surface area contributed by atoms with E-state index in [-0.39, 0.29) is 5.91 Å². The molecule has 1 heterocycles. The van der Waals surface area contributed by atoms with Crippen molar-refractivity contribution in [3.8, 4) is 0 Å². The fourth-order valence-electron chi connectivity index (χ4n) is 2.04. The van der Waals surface area contributed by atoms with Crippen LogP contribution in [0, 0.1) is 5.92 Å². The van der Waals surface area contributed by atoms with Gasteiger partial charge >= 0.3 is 0 Å². The van der Waals surface area contributed by atoms with Gasteiger partial charge in [0.1, 0.15) is 5.69 Å². The first kappa shape index (κ1) is 15.9. The second-order valence-electron chi connectivity index (χ2n) is 5.43. The van der Waals surface area contributed by atoms with Crippen molar-refractivity contribution in [2.24, 2.45) is 5.92 Å². The number of hydrogen-bond donors (Lipinski definition) is 1. The number of benzene rings is 1. The molecule has 116 valence electrons. The van der Waals surface area contributed by atoms with Crippen molar-refractivity contribution < 1.29 is 4.79 Å². The van der Waals surface area contributed by atoms with E-state index in [0.29, 0.717) is 24.1 Å². The minimum atomic E-state index is -0.165. The molecule has 0 saturated carbocycles. The highest BCUT2D eigenvalue weighted by Crippen LogP contribution is 2.20. The summed E-state index contributed by atoms with van der Waals surface area (Å²) in [5, 5.41) is 2.87. The molecule has 0 aliphatic carbocycles. The molecule has 0 radical (unpaired) electrons. The third-order valence-electron chi connectivity index (χ3n) is 3.17. The van der Waals surface area contributed by atoms with Gasteiger partial charge in [-0.15, -0.1) is 0 Å². The molecule has 0 aliphatic heterocycles. The zero-order valence-corrected chi connectivity index (χ0v) is 13.3. The van der Waals surface area contributed by atoms with Crippen molar-refractivity contribution >= 4 is 17.5 Å². The lowest BCUT2D eigenvalue weighted by Gasteiger charge is -2.21. The molecule has 0 bridgehead atoms. The Bertz CT molecular complexity index is 613. The lowest BCUT2D eigenvalue weighted by molar-refractivity contribution is 0.0944. The molecule has 5 heteroatoms. The molecule has 1 aromatic heterocycles. The van der Waals surface area contributed by atoms with E-state index < -0.39 is 0 Å². The molecule has 2 rings (SSSR count). The highest BCUT2D eigenvalue weighted by Gasteiger charge is 2.13. The van der Waals surface area contributed by atoms with Crippen molar-refractivity contribution in [2.75, 3.05) is 18.0 Å². The Morgan fingerprint density at radius 3 is 2.59 bits per heavy atom. The van der Waals surface area contributed by atoms with Crippen LogP contribution in [0.5, 0.6) is 0 Å². The standard InChI is InChI=1S/C17H22N4O/c1-4-21(14-8-6-5-7-9-14)17-18-11-10-15(20-17)16(22)19-12-13(2)3/h5-11,13H,4,12H2,1-3H3,(H,19,22). The average molecular weight is 298 g/mol. The maximum absolute atomic E-state index is 12.1. The summed E-state index contributed by atoms with van der Waals surface area (Å²) in [5.74, 6) is 0.772. The number of aromatic nitrogens is 2. The van der Waals surface area contributed by atoms with Crippen LogP contribution in [0.25, 0.3) is 0 Å². The molecule has 0 unspecified atom stereocenters. The molecule has 5 nitrogen and oxygen atoms in total. The maximum atomic E-state index is 12.1. The zero-order chi connectivity index (χ0) is 15.9. The molecule has 0 aliphatic rings. The summed E-state index contributed by atoms with van der Waals surface area (Å²) in [6.07, 6.45) is 1.62. The van der Waals surface area contributed by atoms with Crippen molar-refractivity contribution in [3.63, 3.8) is 0 Å². The molecule has 1 N–H and O–H groups in total. The van der Waals surface area contributed by atoms with Crippen LogP contribution in [-0.2, 0) is 0 Å². The Morgan fingerprint density at radius 1 is 1.23 bits per heavy atom. The van der Waals surface area contributed by atoms with E-state index in [2.05, 4.69) is 29.1 Å². The molecule has 0 saturated heterocycles. The summed E-state index contributed by atoms with van der Waals surface area (Å²) in [5.41, 5.74) is 1.39. The van der Waals surface area contributed by atoms with Crippen LogP contribution < -0.4 is 10.2 Å². The highest BCUT2D eigenvalue weighted by atomic mass is 16.1. The highest BCUT2D eigenvalue weighted by molar-refractivity contribution is 5.92. The molecule has 1 aromatic carbocycles. The van der Waals surface area contributed by atoms with Gasteiger partial charge in [-0.1, -0.05) is 32.0 Å². The molecule has 1 amide bonds. The quantitative estimate of drug-likeness (QED) is 0.890. The van der Waals surface area contributed by atoms with Crippen LogP contribution >= 0.6 is 0 Å². The monoisotopic (exact) mass is 298 g/mol. The normalized spacial score (nSPS) is 10.5. The van der Waals surface area contributed by atoms with Gasteiger partial charge in [-0.05, 0) is 31.0 Å². The van der Waals surface area contributed by atoms with Crippen LogP contribution in [0.4, 0.5) is 11.6 Å². The fourth-order valence-corrected chi connectivity index (χ4v) is 2.04. The average Bonchev–Trinajstić information content (AvgIpc) is 2.54. The Kier molecular flexibility index (Phi) is 5.47. The number of nitrogens with zero attached hydrogens (tertiary/aromatic N) is 3. The van der Waals surface area contributed by atoms with Gasteiger partial charge in [0.15, 0.2) is 0 Å². The van der Waals surface area contributed by atoms with Crippen molar-refractivity contribution in [3.05, 3.63) is 48.3 Å². The molecule has 0 spiro atoms. The van der Waals surface area contributed by atoms with Crippen LogP contribution in [0.3, 0.4) is 0 Å². The SMILES string of the molecule is CCN(c1ccccc1)c1nccc(C(=O)NCC(C)C)n1. The van der Waals surface area contributed by atoms with Gasteiger partial charge in [0.2, 0.25) is 5.95 Å². The van der Waals surface area contributed by atoms with E-state index >= 15 is 0 Å². The number of rotatable bonds is 6. The molecule has 0 fully saturated rings. The number of nitrogens with one attached hydrogen (secondary N) is 1. The predicted molar refractivity (Wildman–Crippen MR) is 88.3 cm³/mol. The Hall–Kier alpha value is -2.43. The van der Waals surface area contributed by atoms with E-state index in [1.165, 1.54) is 0 Å². The second kappa shape index (κ2) is 7.54. The van der Waals surface area contributed by atoms with Gasteiger partial charge < -0.3 is 10.2 Å². The van der Waals surface area contributed by atoms with Gasteiger partial charge in [-0.3, -0.25) is 4.79 Å². The van der Waals surface area contributed by atoms with Crippen LogP contribution in [0.15, 0.2) is 42.6 Å². The first-order valence-corrected chi connectivity index (χ1v) is 7.55. The summed E-state index contributed by atoms with van der Waals surface area (Å²) in [6, 6.07) is 11.5. The Morgan fingerprint density at radius 2 is 1.95 bits per heavy atom. The smallest absolute Gasteiger partial charge is 0.270 e. The third kappa shape index (κ3) is 4.04. The van der Waals surface area contributed by atoms with Crippen LogP contribution in [0.2, 0.25) is 0 Å². The van der Waals surface area contributed by atoms with Crippen molar-refractivity contribution in [1.82, 2.24) is 15.3 Å². The van der Waals surface area contributed by atoms with E-state index in [0.717, 1.165) is 12.2 Å². The lowest BCUT2D eigenvalue weighted by Crippen LogP contribution is -2.29. The molecule has 2 aromatic rings. The number of carbonyl (C=O) groups is 1. The molecular weight excluding hydrogens is 276 g/mol. The van der Waals surface area contributed by atoms with Gasteiger partial charge in [0.05, 0.1) is 0 Å². The van der Waals surface area contributed by atoms with Crippen molar-refractivity contribution in [1.29, 1.82) is 0 Å². The molecule has 0 atom stereocenters. The van der Waals surface area contributed by atoms with E-state index in [9.17, 15) is 4.79 Å². The lowest BCUT2D eigenvalue weighted by atomic mass is 10.2. The van der Waals surface area contributed by atoms with Gasteiger partial charge in [0, 0.05) is 25.0 Å². The zero-order valence-electron chi connectivity index (χ0n) is 13.3. The molecular formula is C17H22N4O. The summed E-state index contributed by atoms with van der Waals surface area (Å²) < 4.78 is 0. The number of amides is 1. The largest absolute Gasteiger partial charge is 0.350 e. The van der Waals surface area contributed by atoms with Crippen LogP contribution in [-0.4, -0.2) is 29.0 Å². The molecule has 22 heavy (non-hydrogen) atoms. The third-order valence-corrected chi connectivity index (χ3v) is 3.17. The topological polar surface area (TPSA) is 58.1 Å². The van der Waals surface area contributed by atoms with Gasteiger partial charge in [0.25, 0.3) is 5.91 Å². The van der Waals surface area contributed by atoms with Crippen LogP contribution in [0.1, 0.15) is 31.3 Å². The summed E-state index contributed by atoms with van der Waals surface area (Å²) >= 11 is 0. The minimum Gasteiger partial charge on any atom is -0.350 e. The van der Waals surface area contributed by atoms with Gasteiger partial charge in [-0.2, -0.15) is 0 Å². The Balaban J connectivity index is 2.21. The fraction of sp³-hybridized carbons (Fsp3) is 0.353. The number of para-hydroxylation sites is 1. The predicted octanol–water partition coefficient (Wildman–Crippen LogP) is 3.02. The number of hydrogen-bond acceptors (Lipinski definition) is 4. The summed E-state index contributed by atoms with van der Waals surface area (Å²) in [6.45, 7) is 7.50. The first-order valence-electron chi connectivity index (χ1n) is 7.55. The van der Waals surface area contributed by atoms with E-state index in [1.54, 1.807) is 12.3 Å². The second-order valence-corrected chi connectivity index (χ2v) is 5.43. The van der Waals surface area contributed by atoms with Crippen molar-refractivity contribution in [2.45, 2.75) is 20.8 Å². The summed E-state index contributed by atoms with van der Waals surface area (Å²) in [7, 11) is 0. The maximum Gasteiger partial charge on any atom is 0.270 e. The van der Waals surface area contributed by atoms with E-state index in [1.807, 2.05) is 42.2 Å². The minimum absolute atomic E-state index is 0.165. The van der Waals surface area contributed by atoms with Gasteiger partial charge in [-0.25, -0.2) is 9.97 Å². The Labute approximate surface area is 131 Å². The number of anilines is 2. The summed E-state index contributed by atoms with van der Waals surface area (Å²) in [4.78, 5) is 22.8.